The molecule has 15 heteroatoms. The van der Waals surface area contributed by atoms with Crippen molar-refractivity contribution in [2.75, 3.05) is 42.9 Å². The summed E-state index contributed by atoms with van der Waals surface area (Å²) in [4.78, 5) is 26.1. The lowest BCUT2D eigenvalue weighted by Crippen LogP contribution is -2.48. The van der Waals surface area contributed by atoms with Crippen LogP contribution in [0.25, 0.3) is 0 Å². The molecular formula is C28H40F3N5O5SSi. The van der Waals surface area contributed by atoms with E-state index in [2.05, 4.69) is 36.9 Å². The summed E-state index contributed by atoms with van der Waals surface area (Å²) in [6, 6.07) is 10.2. The number of piperazine rings is 1. The quantitative estimate of drug-likeness (QED) is 0.187. The van der Waals surface area contributed by atoms with E-state index in [0.717, 1.165) is 12.1 Å². The SMILES string of the molecule is CC(C)(C)[Si](C)(C)ONC(=O)CCCNC(=O)Nc1ccc(S(=O)(=O)N2CCN(c3cccc(C(F)(F)F)c3)CC2)cc1. The first-order valence-corrected chi connectivity index (χ1v) is 18.3. The molecule has 0 aromatic heterocycles. The summed E-state index contributed by atoms with van der Waals surface area (Å²) < 4.78 is 72.5. The first-order chi connectivity index (χ1) is 19.9. The Hall–Kier alpha value is -3.14. The zero-order valence-corrected chi connectivity index (χ0v) is 26.9. The van der Waals surface area contributed by atoms with Crippen molar-refractivity contribution in [1.82, 2.24) is 15.1 Å². The topological polar surface area (TPSA) is 120 Å². The lowest BCUT2D eigenvalue weighted by molar-refractivity contribution is -0.137. The van der Waals surface area contributed by atoms with Gasteiger partial charge in [-0.05, 0) is 67.0 Å². The molecular weight excluding hydrogens is 603 g/mol. The molecule has 0 unspecified atom stereocenters. The van der Waals surface area contributed by atoms with Crippen molar-refractivity contribution in [1.29, 1.82) is 0 Å². The molecule has 2 aromatic carbocycles. The van der Waals surface area contributed by atoms with Crippen LogP contribution in [0.5, 0.6) is 0 Å². The molecule has 0 spiro atoms. The summed E-state index contributed by atoms with van der Waals surface area (Å²) in [7, 11) is -5.95. The number of rotatable bonds is 10. The highest BCUT2D eigenvalue weighted by Crippen LogP contribution is 2.36. The zero-order chi connectivity index (χ0) is 32.1. The molecule has 0 bridgehead atoms. The van der Waals surface area contributed by atoms with Gasteiger partial charge in [0.2, 0.25) is 24.2 Å². The van der Waals surface area contributed by atoms with Gasteiger partial charge in [-0.3, -0.25) is 4.79 Å². The highest BCUT2D eigenvalue weighted by Gasteiger charge is 2.38. The molecule has 1 fully saturated rings. The fourth-order valence-electron chi connectivity index (χ4n) is 3.94. The number of carbonyl (C=O) groups is 2. The van der Waals surface area contributed by atoms with Gasteiger partial charge in [-0.15, -0.1) is 0 Å². The number of hydrogen-bond acceptors (Lipinski definition) is 6. The lowest BCUT2D eigenvalue weighted by Gasteiger charge is -2.35. The lowest BCUT2D eigenvalue weighted by atomic mass is 10.1. The number of urea groups is 1. The summed E-state index contributed by atoms with van der Waals surface area (Å²) in [5.74, 6) is -0.263. The van der Waals surface area contributed by atoms with Crippen LogP contribution in [0.4, 0.5) is 29.3 Å². The Labute approximate surface area is 252 Å². The van der Waals surface area contributed by atoms with Crippen molar-refractivity contribution < 1.29 is 35.7 Å². The highest BCUT2D eigenvalue weighted by molar-refractivity contribution is 7.89. The standard InChI is InChI=1S/C28H40F3N5O5SSi/c1-27(2,3)43(4,5)41-34-25(37)10-7-15-32-26(38)33-22-11-13-24(14-12-22)42(39,40)36-18-16-35(17-19-36)23-9-6-8-21(20-23)28(29,30)31/h6,8-9,11-14,20H,7,10,15-19H2,1-5H3,(H,34,37)(H2,32,33,38). The first kappa shape index (κ1) is 34.3. The molecule has 3 amide bonds. The number of anilines is 2. The first-order valence-electron chi connectivity index (χ1n) is 13.9. The summed E-state index contributed by atoms with van der Waals surface area (Å²) in [5.41, 5.74) is 2.53. The predicted octanol–water partition coefficient (Wildman–Crippen LogP) is 5.17. The Kier molecular flexibility index (Phi) is 10.9. The summed E-state index contributed by atoms with van der Waals surface area (Å²) in [6.45, 7) is 11.2. The molecule has 1 aliphatic rings. The van der Waals surface area contributed by atoms with Crippen molar-refractivity contribution in [3.05, 3.63) is 54.1 Å². The number of amides is 3. The van der Waals surface area contributed by atoms with Crippen LogP contribution in [-0.2, 0) is 25.5 Å². The van der Waals surface area contributed by atoms with Crippen molar-refractivity contribution >= 4 is 41.7 Å². The van der Waals surface area contributed by atoms with E-state index in [0.29, 0.717) is 17.8 Å². The monoisotopic (exact) mass is 643 g/mol. The van der Waals surface area contributed by atoms with E-state index in [1.165, 1.54) is 34.6 Å². The van der Waals surface area contributed by atoms with Crippen LogP contribution in [-0.4, -0.2) is 65.7 Å². The Morgan fingerprint density at radius 3 is 2.19 bits per heavy atom. The Balaban J connectivity index is 1.43. The minimum absolute atomic E-state index is 0.0388. The van der Waals surface area contributed by atoms with E-state index >= 15 is 0 Å². The van der Waals surface area contributed by atoms with Gasteiger partial charge in [0.1, 0.15) is 0 Å². The summed E-state index contributed by atoms with van der Waals surface area (Å²) in [6.07, 6.45) is -3.88. The number of nitrogens with one attached hydrogen (secondary N) is 3. The van der Waals surface area contributed by atoms with Crippen LogP contribution in [0.1, 0.15) is 39.2 Å². The Morgan fingerprint density at radius 1 is 0.977 bits per heavy atom. The molecule has 3 rings (SSSR count). The minimum atomic E-state index is -4.46. The van der Waals surface area contributed by atoms with E-state index in [1.807, 2.05) is 13.1 Å². The molecule has 238 valence electrons. The van der Waals surface area contributed by atoms with E-state index in [4.69, 9.17) is 4.53 Å². The second kappa shape index (κ2) is 13.7. The second-order valence-electron chi connectivity index (χ2n) is 11.8. The number of hydrogen-bond donors (Lipinski definition) is 3. The molecule has 3 N–H and O–H groups in total. The fourth-order valence-corrected chi connectivity index (χ4v) is 6.04. The van der Waals surface area contributed by atoms with Gasteiger partial charge < -0.3 is 20.1 Å². The number of nitrogens with zero attached hydrogens (tertiary/aromatic N) is 2. The molecule has 10 nitrogen and oxygen atoms in total. The number of benzene rings is 2. The van der Waals surface area contributed by atoms with Gasteiger partial charge in [0.15, 0.2) is 0 Å². The van der Waals surface area contributed by atoms with Crippen LogP contribution in [0.3, 0.4) is 0 Å². The fraction of sp³-hybridized carbons (Fsp3) is 0.500. The number of sulfonamides is 1. The molecule has 1 heterocycles. The van der Waals surface area contributed by atoms with Crippen LogP contribution >= 0.6 is 0 Å². The highest BCUT2D eigenvalue weighted by atomic mass is 32.2. The van der Waals surface area contributed by atoms with Gasteiger partial charge >= 0.3 is 12.2 Å². The van der Waals surface area contributed by atoms with Gasteiger partial charge in [0.25, 0.3) is 0 Å². The van der Waals surface area contributed by atoms with Crippen LogP contribution in [0.15, 0.2) is 53.4 Å². The van der Waals surface area contributed by atoms with Gasteiger partial charge in [-0.2, -0.15) is 17.5 Å². The van der Waals surface area contributed by atoms with Gasteiger partial charge in [-0.25, -0.2) is 18.7 Å². The molecule has 0 atom stereocenters. The summed E-state index contributed by atoms with van der Waals surface area (Å²) >= 11 is 0. The van der Waals surface area contributed by atoms with E-state index in [-0.39, 0.29) is 55.0 Å². The molecule has 1 aliphatic heterocycles. The molecule has 1 saturated heterocycles. The third-order valence-electron chi connectivity index (χ3n) is 7.62. The molecule has 43 heavy (non-hydrogen) atoms. The Morgan fingerprint density at radius 2 is 1.60 bits per heavy atom. The smallest absolute Gasteiger partial charge is 0.369 e. The van der Waals surface area contributed by atoms with E-state index < -0.39 is 36.1 Å². The van der Waals surface area contributed by atoms with Crippen molar-refractivity contribution in [2.24, 2.45) is 0 Å². The van der Waals surface area contributed by atoms with Crippen molar-refractivity contribution in [2.45, 2.75) is 62.8 Å². The average molecular weight is 644 g/mol. The maximum absolute atomic E-state index is 13.1. The third kappa shape index (κ3) is 9.42. The zero-order valence-electron chi connectivity index (χ0n) is 25.0. The molecule has 0 aliphatic carbocycles. The van der Waals surface area contributed by atoms with Crippen molar-refractivity contribution in [3.63, 3.8) is 0 Å². The largest absolute Gasteiger partial charge is 0.416 e. The maximum Gasteiger partial charge on any atom is 0.416 e. The second-order valence-corrected chi connectivity index (χ2v) is 18.5. The molecule has 0 radical (unpaired) electrons. The number of alkyl halides is 3. The van der Waals surface area contributed by atoms with E-state index in [1.54, 1.807) is 11.0 Å². The minimum Gasteiger partial charge on any atom is -0.369 e. The summed E-state index contributed by atoms with van der Waals surface area (Å²) in [5, 5.41) is 5.23. The van der Waals surface area contributed by atoms with Crippen molar-refractivity contribution in [3.8, 4) is 0 Å². The number of halogens is 3. The van der Waals surface area contributed by atoms with Crippen LogP contribution < -0.4 is 21.0 Å². The van der Waals surface area contributed by atoms with Crippen LogP contribution in [0, 0.1) is 0 Å². The number of carbonyl (C=O) groups excluding carboxylic acids is 2. The normalized spacial score (nSPS) is 15.2. The van der Waals surface area contributed by atoms with Gasteiger partial charge in [0, 0.05) is 50.5 Å². The molecule has 2 aromatic rings. The predicted molar refractivity (Wildman–Crippen MR) is 162 cm³/mol. The number of hydroxylamine groups is 1. The average Bonchev–Trinajstić information content (AvgIpc) is 2.93. The molecule has 0 saturated carbocycles. The van der Waals surface area contributed by atoms with Gasteiger partial charge in [0.05, 0.1) is 10.5 Å². The van der Waals surface area contributed by atoms with E-state index in [9.17, 15) is 31.2 Å². The maximum atomic E-state index is 13.1. The Bertz CT molecular complexity index is 1370. The third-order valence-corrected chi connectivity index (χ3v) is 13.8. The van der Waals surface area contributed by atoms with Crippen LogP contribution in [0.2, 0.25) is 18.1 Å². The van der Waals surface area contributed by atoms with Gasteiger partial charge in [-0.1, -0.05) is 26.8 Å².